The summed E-state index contributed by atoms with van der Waals surface area (Å²) in [5.74, 6) is 0.481. The summed E-state index contributed by atoms with van der Waals surface area (Å²) in [5.41, 5.74) is 13.5. The van der Waals surface area contributed by atoms with Crippen LogP contribution in [0.4, 0.5) is 5.69 Å². The molecule has 1 amide bonds. The van der Waals surface area contributed by atoms with Gasteiger partial charge < -0.3 is 11.5 Å². The Hall–Kier alpha value is -1.55. The van der Waals surface area contributed by atoms with E-state index in [1.807, 2.05) is 6.07 Å². The molecule has 0 bridgehead atoms. The zero-order valence-corrected chi connectivity index (χ0v) is 13.1. The number of nitrogens with zero attached hydrogens (tertiary/aromatic N) is 1. The normalized spacial score (nSPS) is 22.4. The molecule has 1 fully saturated rings. The molecule has 1 saturated carbocycles. The molecule has 2 rings (SSSR count). The van der Waals surface area contributed by atoms with Crippen LogP contribution in [0.15, 0.2) is 18.2 Å². The summed E-state index contributed by atoms with van der Waals surface area (Å²) in [5, 5.41) is 0. The zero-order chi connectivity index (χ0) is 15.4. The minimum Gasteiger partial charge on any atom is -0.398 e. The van der Waals surface area contributed by atoms with Crippen LogP contribution in [0, 0.1) is 5.92 Å². The molecule has 0 atom stereocenters. The number of amides is 1. The summed E-state index contributed by atoms with van der Waals surface area (Å²) in [4.78, 5) is 13.5. The van der Waals surface area contributed by atoms with Crippen molar-refractivity contribution in [2.75, 3.05) is 12.8 Å². The van der Waals surface area contributed by atoms with E-state index < -0.39 is 5.91 Å². The molecular weight excluding hydrogens is 262 g/mol. The Morgan fingerprint density at radius 1 is 1.29 bits per heavy atom. The van der Waals surface area contributed by atoms with Crippen LogP contribution in [0.3, 0.4) is 0 Å². The summed E-state index contributed by atoms with van der Waals surface area (Å²) < 4.78 is 0. The van der Waals surface area contributed by atoms with E-state index in [4.69, 9.17) is 11.5 Å². The second kappa shape index (κ2) is 6.94. The highest BCUT2D eigenvalue weighted by atomic mass is 16.1. The van der Waals surface area contributed by atoms with Gasteiger partial charge in [-0.15, -0.1) is 0 Å². The van der Waals surface area contributed by atoms with Crippen molar-refractivity contribution in [1.82, 2.24) is 4.90 Å². The van der Waals surface area contributed by atoms with Crippen molar-refractivity contribution < 1.29 is 4.79 Å². The number of nitrogen functional groups attached to an aromatic ring is 1. The van der Waals surface area contributed by atoms with Crippen molar-refractivity contribution >= 4 is 11.6 Å². The topological polar surface area (TPSA) is 72.3 Å². The van der Waals surface area contributed by atoms with Crippen molar-refractivity contribution in [3.63, 3.8) is 0 Å². The van der Waals surface area contributed by atoms with Crippen LogP contribution >= 0.6 is 0 Å². The van der Waals surface area contributed by atoms with Crippen LogP contribution in [-0.2, 0) is 6.54 Å². The second-order valence-corrected chi connectivity index (χ2v) is 6.28. The van der Waals surface area contributed by atoms with Crippen molar-refractivity contribution in [1.29, 1.82) is 0 Å². The number of rotatable bonds is 5. The summed E-state index contributed by atoms with van der Waals surface area (Å²) in [6.45, 7) is 3.11. The Balaban J connectivity index is 1.96. The highest BCUT2D eigenvalue weighted by Crippen LogP contribution is 2.30. The van der Waals surface area contributed by atoms with Crippen LogP contribution < -0.4 is 11.5 Å². The van der Waals surface area contributed by atoms with Crippen molar-refractivity contribution in [3.05, 3.63) is 29.3 Å². The molecule has 0 unspecified atom stereocenters. The third-order valence-electron chi connectivity index (χ3n) is 4.87. The fraction of sp³-hybridized carbons (Fsp3) is 0.588. The number of benzene rings is 1. The molecule has 4 heteroatoms. The van der Waals surface area contributed by atoms with Gasteiger partial charge in [-0.05, 0) is 56.3 Å². The monoisotopic (exact) mass is 289 g/mol. The number of hydrogen-bond acceptors (Lipinski definition) is 3. The predicted molar refractivity (Wildman–Crippen MR) is 86.9 cm³/mol. The second-order valence-electron chi connectivity index (χ2n) is 6.28. The minimum atomic E-state index is -0.431. The largest absolute Gasteiger partial charge is 0.398 e. The van der Waals surface area contributed by atoms with Gasteiger partial charge in [-0.2, -0.15) is 0 Å². The number of anilines is 1. The molecule has 1 aliphatic rings. The first-order valence-corrected chi connectivity index (χ1v) is 7.89. The Labute approximate surface area is 127 Å². The highest BCUT2D eigenvalue weighted by Gasteiger charge is 2.23. The van der Waals surface area contributed by atoms with Crippen molar-refractivity contribution in [3.8, 4) is 0 Å². The van der Waals surface area contributed by atoms with Gasteiger partial charge >= 0.3 is 0 Å². The van der Waals surface area contributed by atoms with Crippen LogP contribution in [0.2, 0.25) is 0 Å². The molecule has 0 spiro atoms. The van der Waals surface area contributed by atoms with E-state index in [1.54, 1.807) is 12.1 Å². The van der Waals surface area contributed by atoms with Gasteiger partial charge in [-0.1, -0.05) is 19.4 Å². The SMILES string of the molecule is CCC1CCC(N(C)Cc2ccc(C(N)=O)cc2N)CC1. The summed E-state index contributed by atoms with van der Waals surface area (Å²) in [7, 11) is 2.17. The van der Waals surface area contributed by atoms with E-state index in [9.17, 15) is 4.79 Å². The number of primary amides is 1. The van der Waals surface area contributed by atoms with Gasteiger partial charge in [0.25, 0.3) is 0 Å². The van der Waals surface area contributed by atoms with Crippen molar-refractivity contribution in [2.24, 2.45) is 11.7 Å². The maximum atomic E-state index is 11.1. The molecule has 4 nitrogen and oxygen atoms in total. The highest BCUT2D eigenvalue weighted by molar-refractivity contribution is 5.93. The average molecular weight is 289 g/mol. The molecule has 0 heterocycles. The molecule has 0 saturated heterocycles. The molecule has 1 aromatic rings. The zero-order valence-electron chi connectivity index (χ0n) is 13.1. The summed E-state index contributed by atoms with van der Waals surface area (Å²) in [6, 6.07) is 6.00. The Kier molecular flexibility index (Phi) is 5.23. The third kappa shape index (κ3) is 3.97. The van der Waals surface area contributed by atoms with Crippen LogP contribution in [0.5, 0.6) is 0 Å². The van der Waals surface area contributed by atoms with E-state index in [1.165, 1.54) is 32.1 Å². The lowest BCUT2D eigenvalue weighted by molar-refractivity contribution is 0.100. The van der Waals surface area contributed by atoms with Gasteiger partial charge in [-0.3, -0.25) is 9.69 Å². The van der Waals surface area contributed by atoms with Gasteiger partial charge in [0.15, 0.2) is 0 Å². The standard InChI is InChI=1S/C17H27N3O/c1-3-12-4-8-15(9-5-12)20(2)11-14-7-6-13(17(19)21)10-16(14)18/h6-7,10,12,15H,3-5,8-9,11,18H2,1-2H3,(H2,19,21). The number of carbonyl (C=O) groups excluding carboxylic acids is 1. The number of nitrogens with two attached hydrogens (primary N) is 2. The molecule has 0 aliphatic heterocycles. The first-order valence-electron chi connectivity index (χ1n) is 7.89. The first-order chi connectivity index (χ1) is 10.0. The molecule has 0 aromatic heterocycles. The van der Waals surface area contributed by atoms with Crippen LogP contribution in [-0.4, -0.2) is 23.9 Å². The smallest absolute Gasteiger partial charge is 0.248 e. The van der Waals surface area contributed by atoms with E-state index in [2.05, 4.69) is 18.9 Å². The van der Waals surface area contributed by atoms with Gasteiger partial charge in [-0.25, -0.2) is 0 Å². The van der Waals surface area contributed by atoms with Gasteiger partial charge in [0.1, 0.15) is 0 Å². The lowest BCUT2D eigenvalue weighted by Gasteiger charge is -2.34. The number of carbonyl (C=O) groups is 1. The molecule has 21 heavy (non-hydrogen) atoms. The Bertz CT molecular complexity index is 493. The lowest BCUT2D eigenvalue weighted by Crippen LogP contribution is -2.34. The maximum Gasteiger partial charge on any atom is 0.248 e. The van der Waals surface area contributed by atoms with Gasteiger partial charge in [0.2, 0.25) is 5.91 Å². The number of hydrogen-bond donors (Lipinski definition) is 2. The molecular formula is C17H27N3O. The van der Waals surface area contributed by atoms with Crippen LogP contribution in [0.25, 0.3) is 0 Å². The fourth-order valence-corrected chi connectivity index (χ4v) is 3.28. The van der Waals surface area contributed by atoms with Crippen molar-refractivity contribution in [2.45, 2.75) is 51.6 Å². The first kappa shape index (κ1) is 15.8. The maximum absolute atomic E-state index is 11.1. The molecule has 1 aromatic carbocycles. The van der Waals surface area contributed by atoms with Gasteiger partial charge in [0, 0.05) is 23.8 Å². The quantitative estimate of drug-likeness (QED) is 0.819. The Morgan fingerprint density at radius 2 is 1.95 bits per heavy atom. The minimum absolute atomic E-state index is 0.431. The van der Waals surface area contributed by atoms with E-state index in [0.717, 1.165) is 18.0 Å². The molecule has 116 valence electrons. The Morgan fingerprint density at radius 3 is 2.48 bits per heavy atom. The summed E-state index contributed by atoms with van der Waals surface area (Å²) >= 11 is 0. The van der Waals surface area contributed by atoms with E-state index in [-0.39, 0.29) is 0 Å². The summed E-state index contributed by atoms with van der Waals surface area (Å²) in [6.07, 6.45) is 6.52. The molecule has 0 radical (unpaired) electrons. The van der Waals surface area contributed by atoms with Gasteiger partial charge in [0.05, 0.1) is 0 Å². The predicted octanol–water partition coefficient (Wildman–Crippen LogP) is 2.77. The average Bonchev–Trinajstić information content (AvgIpc) is 2.49. The third-order valence-corrected chi connectivity index (χ3v) is 4.87. The molecule has 1 aliphatic carbocycles. The van der Waals surface area contributed by atoms with E-state index in [0.29, 0.717) is 17.3 Å². The fourth-order valence-electron chi connectivity index (χ4n) is 3.28. The van der Waals surface area contributed by atoms with E-state index >= 15 is 0 Å². The lowest BCUT2D eigenvalue weighted by atomic mass is 9.84. The molecule has 4 N–H and O–H groups in total. The van der Waals surface area contributed by atoms with Crippen LogP contribution in [0.1, 0.15) is 54.9 Å².